The molecule has 0 aromatic carbocycles. The highest BCUT2D eigenvalue weighted by Gasteiger charge is 2.29. The molecule has 152 valence electrons. The Kier molecular flexibility index (Phi) is 6.77. The molecule has 1 aliphatic carbocycles. The Labute approximate surface area is 167 Å². The molecule has 2 N–H and O–H groups in total. The molecule has 1 aromatic rings. The van der Waals surface area contributed by atoms with Gasteiger partial charge in [-0.1, -0.05) is 18.5 Å². The number of carbonyl (C=O) groups excluding carboxylic acids is 1. The molecule has 1 saturated carbocycles. The van der Waals surface area contributed by atoms with Crippen LogP contribution in [0.3, 0.4) is 0 Å². The van der Waals surface area contributed by atoms with Crippen LogP contribution < -0.4 is 15.7 Å². The van der Waals surface area contributed by atoms with Crippen LogP contribution in [0.15, 0.2) is 31.5 Å². The van der Waals surface area contributed by atoms with E-state index >= 15 is 0 Å². The second-order valence-electron chi connectivity index (χ2n) is 7.07. The molecular formula is C19H25N3O5S. The highest BCUT2D eigenvalue weighted by atomic mass is 32.2. The lowest BCUT2D eigenvalue weighted by atomic mass is 10.1. The summed E-state index contributed by atoms with van der Waals surface area (Å²) in [6.45, 7) is 4.22. The van der Waals surface area contributed by atoms with Crippen LogP contribution in [-0.2, 0) is 4.79 Å². The first-order chi connectivity index (χ1) is 13.5. The van der Waals surface area contributed by atoms with E-state index in [1.54, 1.807) is 13.0 Å². The Morgan fingerprint density at radius 1 is 1.50 bits per heavy atom. The van der Waals surface area contributed by atoms with E-state index in [1.165, 1.54) is 17.8 Å². The Bertz CT molecular complexity index is 831. The smallest absolute Gasteiger partial charge is 0.339 e. The minimum atomic E-state index is -0.572. The molecule has 0 spiro atoms. The van der Waals surface area contributed by atoms with E-state index in [-0.39, 0.29) is 5.91 Å². The van der Waals surface area contributed by atoms with Crippen molar-refractivity contribution in [2.45, 2.75) is 51.6 Å². The van der Waals surface area contributed by atoms with Crippen LogP contribution in [0.1, 0.15) is 51.3 Å². The SMILES string of the molecule is CCCC(NC(=O)C1CSC(/C(C)=N/O)=N1)c1cc(OCC2CC2)cc(=O)o1. The van der Waals surface area contributed by atoms with Crippen molar-refractivity contribution >= 4 is 28.4 Å². The lowest BCUT2D eigenvalue weighted by Gasteiger charge is -2.19. The normalized spacial score (nSPS) is 20.6. The number of amides is 1. The minimum Gasteiger partial charge on any atom is -0.493 e. The molecule has 1 aromatic heterocycles. The van der Waals surface area contributed by atoms with Gasteiger partial charge in [-0.3, -0.25) is 9.79 Å². The zero-order valence-electron chi connectivity index (χ0n) is 16.0. The van der Waals surface area contributed by atoms with Gasteiger partial charge >= 0.3 is 5.63 Å². The molecule has 0 saturated heterocycles. The lowest BCUT2D eigenvalue weighted by Crippen LogP contribution is -2.37. The van der Waals surface area contributed by atoms with Crippen molar-refractivity contribution in [2.24, 2.45) is 16.1 Å². The first kappa shape index (κ1) is 20.4. The summed E-state index contributed by atoms with van der Waals surface area (Å²) in [5, 5.41) is 15.5. The maximum absolute atomic E-state index is 12.7. The summed E-state index contributed by atoms with van der Waals surface area (Å²) in [5.74, 6) is 1.65. The Morgan fingerprint density at radius 2 is 2.29 bits per heavy atom. The zero-order valence-corrected chi connectivity index (χ0v) is 16.8. The molecule has 8 nitrogen and oxygen atoms in total. The lowest BCUT2D eigenvalue weighted by molar-refractivity contribution is -0.122. The topological polar surface area (TPSA) is 113 Å². The first-order valence-corrected chi connectivity index (χ1v) is 10.5. The summed E-state index contributed by atoms with van der Waals surface area (Å²) in [6.07, 6.45) is 3.73. The standard InChI is InChI=1S/C19H25N3O5S/c1-3-4-14(20-18(24)15-10-28-19(21-15)11(2)22-25)16-7-13(8-17(23)27-16)26-9-12-5-6-12/h7-8,12,14-15,25H,3-6,9-10H2,1-2H3,(H,20,24)/b22-11+. The van der Waals surface area contributed by atoms with Gasteiger partial charge in [-0.15, -0.1) is 11.8 Å². The van der Waals surface area contributed by atoms with Crippen molar-refractivity contribution in [1.29, 1.82) is 0 Å². The van der Waals surface area contributed by atoms with Gasteiger partial charge < -0.3 is 19.7 Å². The third-order valence-corrected chi connectivity index (χ3v) is 5.75. The van der Waals surface area contributed by atoms with E-state index in [0.29, 0.717) is 47.0 Å². The maximum atomic E-state index is 12.7. The molecule has 9 heteroatoms. The van der Waals surface area contributed by atoms with Gasteiger partial charge in [-0.25, -0.2) is 4.79 Å². The largest absolute Gasteiger partial charge is 0.493 e. The number of thioether (sulfide) groups is 1. The van der Waals surface area contributed by atoms with E-state index in [2.05, 4.69) is 15.5 Å². The second kappa shape index (κ2) is 9.27. The summed E-state index contributed by atoms with van der Waals surface area (Å²) in [7, 11) is 0. The molecule has 0 radical (unpaired) electrons. The van der Waals surface area contributed by atoms with Crippen LogP contribution in [-0.4, -0.2) is 40.3 Å². The van der Waals surface area contributed by atoms with Crippen LogP contribution in [0.5, 0.6) is 5.75 Å². The van der Waals surface area contributed by atoms with E-state index in [0.717, 1.165) is 19.3 Å². The fraction of sp³-hybridized carbons (Fsp3) is 0.579. The zero-order chi connectivity index (χ0) is 20.1. The number of carbonyl (C=O) groups is 1. The first-order valence-electron chi connectivity index (χ1n) is 9.48. The van der Waals surface area contributed by atoms with Crippen LogP contribution >= 0.6 is 11.8 Å². The number of rotatable bonds is 9. The van der Waals surface area contributed by atoms with Crippen molar-refractivity contribution in [3.8, 4) is 5.75 Å². The fourth-order valence-electron chi connectivity index (χ4n) is 2.82. The van der Waals surface area contributed by atoms with Crippen molar-refractivity contribution in [3.63, 3.8) is 0 Å². The summed E-state index contributed by atoms with van der Waals surface area (Å²) in [6, 6.07) is 2.01. The maximum Gasteiger partial charge on any atom is 0.339 e. The molecule has 3 rings (SSSR count). The Hall–Kier alpha value is -2.29. The average Bonchev–Trinajstić information content (AvgIpc) is 3.38. The predicted octanol–water partition coefficient (Wildman–Crippen LogP) is 2.75. The summed E-state index contributed by atoms with van der Waals surface area (Å²) < 4.78 is 11.1. The Balaban J connectivity index is 1.71. The third kappa shape index (κ3) is 5.37. The van der Waals surface area contributed by atoms with Crippen molar-refractivity contribution < 1.29 is 19.2 Å². The van der Waals surface area contributed by atoms with Crippen LogP contribution in [0.2, 0.25) is 0 Å². The summed E-state index contributed by atoms with van der Waals surface area (Å²) in [4.78, 5) is 28.9. The highest BCUT2D eigenvalue weighted by Crippen LogP contribution is 2.30. The van der Waals surface area contributed by atoms with E-state index in [4.69, 9.17) is 14.4 Å². The van der Waals surface area contributed by atoms with Gasteiger partial charge in [-0.05, 0) is 32.1 Å². The molecular weight excluding hydrogens is 382 g/mol. The number of hydrogen-bond donors (Lipinski definition) is 2. The van der Waals surface area contributed by atoms with Gasteiger partial charge in [-0.2, -0.15) is 0 Å². The van der Waals surface area contributed by atoms with Gasteiger partial charge in [0, 0.05) is 11.8 Å². The quantitative estimate of drug-likeness (QED) is 0.370. The fourth-order valence-corrected chi connectivity index (χ4v) is 3.81. The molecule has 0 bridgehead atoms. The molecule has 2 unspecified atom stereocenters. The minimum absolute atomic E-state index is 0.251. The second-order valence-corrected chi connectivity index (χ2v) is 8.07. The number of nitrogens with zero attached hydrogens (tertiary/aromatic N) is 2. The number of nitrogens with one attached hydrogen (secondary N) is 1. The van der Waals surface area contributed by atoms with Crippen molar-refractivity contribution in [3.05, 3.63) is 28.3 Å². The Morgan fingerprint density at radius 3 is 2.96 bits per heavy atom. The monoisotopic (exact) mass is 407 g/mol. The van der Waals surface area contributed by atoms with Crippen molar-refractivity contribution in [2.75, 3.05) is 12.4 Å². The van der Waals surface area contributed by atoms with Crippen LogP contribution in [0, 0.1) is 5.92 Å². The van der Waals surface area contributed by atoms with E-state index in [1.807, 2.05) is 6.92 Å². The van der Waals surface area contributed by atoms with Crippen LogP contribution in [0.25, 0.3) is 0 Å². The molecule has 28 heavy (non-hydrogen) atoms. The highest BCUT2D eigenvalue weighted by molar-refractivity contribution is 8.16. The molecule has 1 fully saturated rings. The van der Waals surface area contributed by atoms with Gasteiger partial charge in [0.05, 0.1) is 18.7 Å². The summed E-state index contributed by atoms with van der Waals surface area (Å²) in [5.41, 5.74) is -0.109. The third-order valence-electron chi connectivity index (χ3n) is 4.60. The summed E-state index contributed by atoms with van der Waals surface area (Å²) >= 11 is 1.37. The van der Waals surface area contributed by atoms with E-state index < -0.39 is 17.7 Å². The van der Waals surface area contributed by atoms with Crippen molar-refractivity contribution in [1.82, 2.24) is 5.32 Å². The average molecular weight is 407 g/mol. The number of hydrogen-bond acceptors (Lipinski definition) is 8. The molecule has 2 atom stereocenters. The van der Waals surface area contributed by atoms with Gasteiger partial charge in [0.15, 0.2) is 0 Å². The molecule has 1 amide bonds. The van der Waals surface area contributed by atoms with Gasteiger partial charge in [0.1, 0.15) is 28.3 Å². The molecule has 2 heterocycles. The van der Waals surface area contributed by atoms with E-state index in [9.17, 15) is 9.59 Å². The van der Waals surface area contributed by atoms with Gasteiger partial charge in [0.25, 0.3) is 0 Å². The number of ether oxygens (including phenoxy) is 1. The van der Waals surface area contributed by atoms with Gasteiger partial charge in [0.2, 0.25) is 5.91 Å². The number of aliphatic imine (C=N–C) groups is 1. The molecule has 1 aliphatic heterocycles. The van der Waals surface area contributed by atoms with Crippen LogP contribution in [0.4, 0.5) is 0 Å². The molecule has 2 aliphatic rings. The number of oxime groups is 1. The predicted molar refractivity (Wildman–Crippen MR) is 108 cm³/mol.